The molecule has 0 aliphatic carbocycles. The molecule has 1 aliphatic heterocycles. The van der Waals surface area contributed by atoms with Gasteiger partial charge in [-0.1, -0.05) is 0 Å². The Labute approximate surface area is 160 Å². The fraction of sp³-hybridized carbons (Fsp3) is 0.550. The van der Waals surface area contributed by atoms with E-state index in [9.17, 15) is 9.90 Å². The molecule has 0 unspecified atom stereocenters. The molecule has 1 amide bonds. The van der Waals surface area contributed by atoms with E-state index < -0.39 is 5.60 Å². The highest BCUT2D eigenvalue weighted by Gasteiger charge is 2.38. The highest BCUT2D eigenvalue weighted by Crippen LogP contribution is 2.32. The molecule has 2 aromatic heterocycles. The average Bonchev–Trinajstić information content (AvgIpc) is 3.02. The minimum atomic E-state index is -0.913. The summed E-state index contributed by atoms with van der Waals surface area (Å²) in [5, 5.41) is 12.1. The molecule has 146 valence electrons. The van der Waals surface area contributed by atoms with Crippen molar-refractivity contribution < 1.29 is 9.90 Å². The molecule has 7 nitrogen and oxygen atoms in total. The van der Waals surface area contributed by atoms with E-state index in [4.69, 9.17) is 5.73 Å². The largest absolute Gasteiger partial charge is 0.386 e. The van der Waals surface area contributed by atoms with Crippen LogP contribution in [0.25, 0.3) is 10.9 Å². The molecule has 1 fully saturated rings. The maximum Gasteiger partial charge on any atom is 0.222 e. The number of aryl methyl sites for hydroxylation is 1. The van der Waals surface area contributed by atoms with E-state index in [0.717, 1.165) is 41.7 Å². The van der Waals surface area contributed by atoms with Gasteiger partial charge in [-0.05, 0) is 44.9 Å². The van der Waals surface area contributed by atoms with Crippen LogP contribution in [0.5, 0.6) is 0 Å². The minimum absolute atomic E-state index is 0.0599. The molecule has 0 bridgehead atoms. The van der Waals surface area contributed by atoms with Crippen LogP contribution in [0.4, 0.5) is 5.69 Å². The van der Waals surface area contributed by atoms with Crippen LogP contribution in [-0.2, 0) is 4.79 Å². The molecule has 0 aromatic carbocycles. The van der Waals surface area contributed by atoms with Gasteiger partial charge in [-0.2, -0.15) is 0 Å². The summed E-state index contributed by atoms with van der Waals surface area (Å²) in [6.07, 6.45) is 6.30. The zero-order valence-corrected chi connectivity index (χ0v) is 16.2. The number of carbonyl (C=O) groups excluding carboxylic acids is 1. The molecule has 2 aromatic rings. The summed E-state index contributed by atoms with van der Waals surface area (Å²) in [6.45, 7) is 4.13. The molecule has 1 aliphatic rings. The Hall–Kier alpha value is -2.25. The van der Waals surface area contributed by atoms with E-state index in [-0.39, 0.29) is 5.91 Å². The van der Waals surface area contributed by atoms with Crippen LogP contribution in [0.2, 0.25) is 0 Å². The van der Waals surface area contributed by atoms with Gasteiger partial charge in [-0.25, -0.2) is 0 Å². The van der Waals surface area contributed by atoms with Gasteiger partial charge in [-0.3, -0.25) is 14.8 Å². The summed E-state index contributed by atoms with van der Waals surface area (Å²) in [6, 6.07) is 3.94. The highest BCUT2D eigenvalue weighted by atomic mass is 16.3. The monoisotopic (exact) mass is 371 g/mol. The Morgan fingerprint density at radius 1 is 1.44 bits per heavy atom. The molecule has 7 heteroatoms. The van der Waals surface area contributed by atoms with E-state index >= 15 is 0 Å². The van der Waals surface area contributed by atoms with Gasteiger partial charge in [0.2, 0.25) is 5.91 Å². The molecule has 0 spiro atoms. The van der Waals surface area contributed by atoms with Crippen molar-refractivity contribution in [2.24, 2.45) is 5.73 Å². The first-order valence-electron chi connectivity index (χ1n) is 9.54. The van der Waals surface area contributed by atoms with Gasteiger partial charge in [0.1, 0.15) is 5.60 Å². The number of rotatable bonds is 7. The fourth-order valence-electron chi connectivity index (χ4n) is 3.77. The quantitative estimate of drug-likeness (QED) is 0.716. The number of likely N-dealkylation sites (N-methyl/N-ethyl adjacent to an activating group) is 1. The molecule has 1 atom stereocenters. The van der Waals surface area contributed by atoms with Crippen LogP contribution in [-0.4, -0.2) is 64.7 Å². The number of nitrogens with zero attached hydrogens (tertiary/aromatic N) is 4. The molecule has 0 radical (unpaired) electrons. The summed E-state index contributed by atoms with van der Waals surface area (Å²) in [4.78, 5) is 24.9. The lowest BCUT2D eigenvalue weighted by atomic mass is 10.0. The number of hydrogen-bond acceptors (Lipinski definition) is 6. The van der Waals surface area contributed by atoms with E-state index in [0.29, 0.717) is 32.5 Å². The molecule has 0 saturated carbocycles. The van der Waals surface area contributed by atoms with Gasteiger partial charge in [0, 0.05) is 55.7 Å². The van der Waals surface area contributed by atoms with Gasteiger partial charge in [0.25, 0.3) is 0 Å². The normalized spacial score (nSPS) is 19.6. The third-order valence-electron chi connectivity index (χ3n) is 5.19. The summed E-state index contributed by atoms with van der Waals surface area (Å²) in [5.41, 5.74) is 7.45. The van der Waals surface area contributed by atoms with Crippen molar-refractivity contribution >= 4 is 22.5 Å². The summed E-state index contributed by atoms with van der Waals surface area (Å²) in [7, 11) is 1.77. The highest BCUT2D eigenvalue weighted by molar-refractivity contribution is 5.91. The second-order valence-corrected chi connectivity index (χ2v) is 7.57. The van der Waals surface area contributed by atoms with Crippen LogP contribution in [0.1, 0.15) is 31.4 Å². The van der Waals surface area contributed by atoms with Crippen molar-refractivity contribution in [2.45, 2.75) is 38.2 Å². The number of β-amino-alcohol motifs (C(OH)–C–C–N with tert-alkyl or cyclic N) is 1. The van der Waals surface area contributed by atoms with Crippen molar-refractivity contribution in [3.8, 4) is 0 Å². The predicted molar refractivity (Wildman–Crippen MR) is 107 cm³/mol. The Bertz CT molecular complexity index is 812. The number of fused-ring (bicyclic) bond motifs is 1. The van der Waals surface area contributed by atoms with Crippen LogP contribution < -0.4 is 10.6 Å². The first-order valence-corrected chi connectivity index (χ1v) is 9.54. The van der Waals surface area contributed by atoms with Crippen LogP contribution in [0.15, 0.2) is 24.5 Å². The number of pyridine rings is 2. The van der Waals surface area contributed by atoms with E-state index in [2.05, 4.69) is 14.9 Å². The number of hydrogen-bond donors (Lipinski definition) is 2. The van der Waals surface area contributed by atoms with Crippen molar-refractivity contribution in [3.63, 3.8) is 0 Å². The topological polar surface area (TPSA) is 95.6 Å². The molecular formula is C20H29N5O2. The standard InChI is InChI=1S/C20H29N5O2/c1-15-11-18(16-12-22-9-6-17(16)23-15)25-10-7-20(27,14-25)13-24(2)19(26)5-3-4-8-21/h6,9,11-12,27H,3-5,7-8,10,13-14,21H2,1-2H3/t20-/m0/s1. The predicted octanol–water partition coefficient (Wildman–Crippen LogP) is 1.47. The Morgan fingerprint density at radius 2 is 2.26 bits per heavy atom. The Balaban J connectivity index is 1.70. The molecule has 27 heavy (non-hydrogen) atoms. The van der Waals surface area contributed by atoms with Crippen LogP contribution >= 0.6 is 0 Å². The van der Waals surface area contributed by atoms with Crippen LogP contribution in [0.3, 0.4) is 0 Å². The number of carbonyl (C=O) groups is 1. The number of nitrogens with two attached hydrogens (primary N) is 1. The first-order chi connectivity index (χ1) is 12.9. The zero-order chi connectivity index (χ0) is 19.4. The molecule has 3 heterocycles. The van der Waals surface area contributed by atoms with Crippen molar-refractivity contribution in [1.29, 1.82) is 0 Å². The van der Waals surface area contributed by atoms with E-state index in [1.54, 1.807) is 18.1 Å². The lowest BCUT2D eigenvalue weighted by molar-refractivity contribution is -0.132. The van der Waals surface area contributed by atoms with Crippen LogP contribution in [0, 0.1) is 6.92 Å². The number of aliphatic hydroxyl groups is 1. The van der Waals surface area contributed by atoms with E-state index in [1.807, 2.05) is 25.3 Å². The molecule has 3 N–H and O–H groups in total. The Morgan fingerprint density at radius 3 is 3.04 bits per heavy atom. The average molecular weight is 371 g/mol. The minimum Gasteiger partial charge on any atom is -0.386 e. The summed E-state index contributed by atoms with van der Waals surface area (Å²) in [5.74, 6) is 0.0599. The fourth-order valence-corrected chi connectivity index (χ4v) is 3.77. The number of amides is 1. The molecular weight excluding hydrogens is 342 g/mol. The number of aromatic nitrogens is 2. The number of anilines is 1. The zero-order valence-electron chi connectivity index (χ0n) is 16.2. The van der Waals surface area contributed by atoms with Gasteiger partial charge in [-0.15, -0.1) is 0 Å². The van der Waals surface area contributed by atoms with Gasteiger partial charge >= 0.3 is 0 Å². The summed E-state index contributed by atoms with van der Waals surface area (Å²) >= 11 is 0. The molecule has 1 saturated heterocycles. The van der Waals surface area contributed by atoms with Crippen molar-refractivity contribution in [1.82, 2.24) is 14.9 Å². The third-order valence-corrected chi connectivity index (χ3v) is 5.19. The SMILES string of the molecule is Cc1cc(N2CC[C@](O)(CN(C)C(=O)CCCCN)C2)c2cnccc2n1. The third kappa shape index (κ3) is 4.54. The Kier molecular flexibility index (Phi) is 5.92. The van der Waals surface area contributed by atoms with Crippen molar-refractivity contribution in [3.05, 3.63) is 30.2 Å². The lowest BCUT2D eigenvalue weighted by Gasteiger charge is -2.29. The smallest absolute Gasteiger partial charge is 0.222 e. The second-order valence-electron chi connectivity index (χ2n) is 7.57. The van der Waals surface area contributed by atoms with Gasteiger partial charge in [0.15, 0.2) is 0 Å². The molecule has 3 rings (SSSR count). The number of unbranched alkanes of at least 4 members (excludes halogenated alkanes) is 1. The van der Waals surface area contributed by atoms with Gasteiger partial charge < -0.3 is 20.6 Å². The maximum absolute atomic E-state index is 12.3. The first kappa shape index (κ1) is 19.5. The lowest BCUT2D eigenvalue weighted by Crippen LogP contribution is -2.45. The summed E-state index contributed by atoms with van der Waals surface area (Å²) < 4.78 is 0. The van der Waals surface area contributed by atoms with E-state index in [1.165, 1.54) is 0 Å². The van der Waals surface area contributed by atoms with Gasteiger partial charge in [0.05, 0.1) is 12.1 Å². The maximum atomic E-state index is 12.3. The second kappa shape index (κ2) is 8.19. The van der Waals surface area contributed by atoms with Crippen molar-refractivity contribution in [2.75, 3.05) is 38.1 Å².